The van der Waals surface area contributed by atoms with Gasteiger partial charge in [-0.1, -0.05) is 0 Å². The normalized spacial score (nSPS) is 19.6. The van der Waals surface area contributed by atoms with E-state index >= 15 is 0 Å². The molecule has 0 radical (unpaired) electrons. The first kappa shape index (κ1) is 18.1. The van der Waals surface area contributed by atoms with Crippen molar-refractivity contribution in [1.29, 1.82) is 0 Å². The number of rotatable bonds is 2. The summed E-state index contributed by atoms with van der Waals surface area (Å²) in [7, 11) is -4.67. The number of nitrogen functional groups attached to an aromatic ring is 1. The molecule has 2 rings (SSSR count). The lowest BCUT2D eigenvalue weighted by Crippen LogP contribution is -2.48. The van der Waals surface area contributed by atoms with Crippen molar-refractivity contribution in [3.8, 4) is 0 Å². The molecule has 1 aliphatic heterocycles. The zero-order chi connectivity index (χ0) is 17.1. The number of aliphatic hydroxyl groups excluding tert-OH is 2. The van der Waals surface area contributed by atoms with E-state index in [4.69, 9.17) is 23.3 Å². The third-order valence-electron chi connectivity index (χ3n) is 2.66. The van der Waals surface area contributed by atoms with Crippen LogP contribution >= 0.6 is 0 Å². The predicted octanol–water partition coefficient (Wildman–Crippen LogP) is -2.35. The minimum absolute atomic E-state index is 0.0255. The number of fused-ring (bicyclic) bond motifs is 1. The van der Waals surface area contributed by atoms with Crippen LogP contribution in [0.15, 0.2) is 4.79 Å². The van der Waals surface area contributed by atoms with Gasteiger partial charge in [0.25, 0.3) is 5.56 Å². The summed E-state index contributed by atoms with van der Waals surface area (Å²) in [5.41, 5.74) is 5.20. The zero-order valence-corrected chi connectivity index (χ0v) is 12.2. The summed E-state index contributed by atoms with van der Waals surface area (Å²) in [6.45, 7) is 1.82. The van der Waals surface area contributed by atoms with E-state index in [0.717, 1.165) is 0 Å². The van der Waals surface area contributed by atoms with Gasteiger partial charge in [-0.25, -0.2) is 0 Å². The van der Waals surface area contributed by atoms with Crippen LogP contribution in [0.1, 0.15) is 6.92 Å². The number of aromatic nitrogens is 2. The largest absolute Gasteiger partial charge is 0.394 e. The van der Waals surface area contributed by atoms with Gasteiger partial charge in [0.1, 0.15) is 11.8 Å². The molecule has 0 spiro atoms. The Kier molecular flexibility index (Phi) is 5.67. The van der Waals surface area contributed by atoms with Crippen molar-refractivity contribution in [3.05, 3.63) is 10.4 Å². The Morgan fingerprint density at radius 1 is 1.36 bits per heavy atom. The first-order chi connectivity index (χ1) is 9.99. The Morgan fingerprint density at radius 2 is 1.91 bits per heavy atom. The number of aromatic amines is 1. The number of H-pyrrole nitrogens is 1. The molecule has 0 saturated carbocycles. The molecule has 13 heteroatoms. The molecule has 0 aromatic carbocycles. The SMILES string of the molecule is C[C@H](O)[C@H](O)[C@H]1CNc2nc(N)[nH]c(=O)c2N1.O=S(=O)(O)O. The molecular formula is C9H17N5O7S. The van der Waals surface area contributed by atoms with Gasteiger partial charge in [0.15, 0.2) is 5.82 Å². The lowest BCUT2D eigenvalue weighted by molar-refractivity contribution is 0.0214. The molecule has 9 N–H and O–H groups in total. The van der Waals surface area contributed by atoms with Gasteiger partial charge in [-0.2, -0.15) is 13.4 Å². The van der Waals surface area contributed by atoms with Crippen LogP contribution in [0.2, 0.25) is 0 Å². The van der Waals surface area contributed by atoms with Crippen LogP contribution in [0.3, 0.4) is 0 Å². The highest BCUT2D eigenvalue weighted by molar-refractivity contribution is 7.79. The number of hydrogen-bond acceptors (Lipinski definition) is 9. The number of aliphatic hydroxyl groups is 2. The molecule has 3 atom stereocenters. The zero-order valence-electron chi connectivity index (χ0n) is 11.4. The van der Waals surface area contributed by atoms with Crippen molar-refractivity contribution in [1.82, 2.24) is 9.97 Å². The number of anilines is 3. The Hall–Kier alpha value is -1.93. The second-order valence-electron chi connectivity index (χ2n) is 4.49. The highest BCUT2D eigenvalue weighted by Crippen LogP contribution is 2.21. The maximum absolute atomic E-state index is 11.6. The van der Waals surface area contributed by atoms with E-state index in [0.29, 0.717) is 12.4 Å². The standard InChI is InChI=1S/C9H15N5O3.H2O4S/c1-3(15)6(16)4-2-11-7-5(12-4)8(17)14-9(10)13-7;1-5(2,3)4/h3-4,6,12,15-16H,2H2,1H3,(H4,10,11,13,14,17);(H2,1,2,3,4)/t3-,4+,6-;/m0./s1. The van der Waals surface area contributed by atoms with E-state index in [1.807, 2.05) is 0 Å². The third-order valence-corrected chi connectivity index (χ3v) is 2.66. The van der Waals surface area contributed by atoms with Crippen LogP contribution in [-0.4, -0.2) is 62.5 Å². The Bertz CT molecular complexity index is 665. The summed E-state index contributed by atoms with van der Waals surface area (Å²) in [5, 5.41) is 24.7. The second-order valence-corrected chi connectivity index (χ2v) is 5.38. The van der Waals surface area contributed by atoms with Gasteiger partial charge in [0.05, 0.1) is 12.1 Å². The Labute approximate surface area is 125 Å². The van der Waals surface area contributed by atoms with E-state index in [1.165, 1.54) is 6.92 Å². The van der Waals surface area contributed by atoms with Crippen molar-refractivity contribution in [2.75, 3.05) is 22.9 Å². The Morgan fingerprint density at radius 3 is 2.41 bits per heavy atom. The second kappa shape index (κ2) is 6.89. The van der Waals surface area contributed by atoms with Crippen molar-refractivity contribution in [2.24, 2.45) is 0 Å². The van der Waals surface area contributed by atoms with Crippen LogP contribution in [-0.2, 0) is 10.4 Å². The maximum atomic E-state index is 11.6. The van der Waals surface area contributed by atoms with Crippen LogP contribution in [0, 0.1) is 0 Å². The molecular weight excluding hydrogens is 322 g/mol. The average molecular weight is 339 g/mol. The van der Waals surface area contributed by atoms with Gasteiger partial charge in [0, 0.05) is 6.54 Å². The molecule has 0 bridgehead atoms. The topological polar surface area (TPSA) is 211 Å². The van der Waals surface area contributed by atoms with Crippen molar-refractivity contribution >= 4 is 27.9 Å². The first-order valence-electron chi connectivity index (χ1n) is 5.95. The summed E-state index contributed by atoms with van der Waals surface area (Å²) in [4.78, 5) is 17.9. The van der Waals surface area contributed by atoms with E-state index in [2.05, 4.69) is 20.6 Å². The van der Waals surface area contributed by atoms with Crippen LogP contribution in [0.25, 0.3) is 0 Å². The fraction of sp³-hybridized carbons (Fsp3) is 0.556. The fourth-order valence-electron chi connectivity index (χ4n) is 1.74. The molecule has 126 valence electrons. The molecule has 0 amide bonds. The number of nitrogens with one attached hydrogen (secondary N) is 3. The van der Waals surface area contributed by atoms with E-state index in [1.54, 1.807) is 0 Å². The molecule has 0 saturated heterocycles. The van der Waals surface area contributed by atoms with Gasteiger partial charge in [-0.05, 0) is 6.92 Å². The average Bonchev–Trinajstić information content (AvgIpc) is 2.35. The number of nitrogens with two attached hydrogens (primary N) is 1. The number of nitrogens with zero attached hydrogens (tertiary/aromatic N) is 1. The minimum atomic E-state index is -4.67. The van der Waals surface area contributed by atoms with Gasteiger partial charge >= 0.3 is 10.4 Å². The van der Waals surface area contributed by atoms with Gasteiger partial charge in [-0.15, -0.1) is 0 Å². The van der Waals surface area contributed by atoms with Crippen molar-refractivity contribution in [2.45, 2.75) is 25.2 Å². The van der Waals surface area contributed by atoms with Crippen molar-refractivity contribution in [3.63, 3.8) is 0 Å². The highest BCUT2D eigenvalue weighted by atomic mass is 32.3. The highest BCUT2D eigenvalue weighted by Gasteiger charge is 2.29. The quantitative estimate of drug-likeness (QED) is 0.267. The van der Waals surface area contributed by atoms with Crippen LogP contribution < -0.4 is 21.9 Å². The summed E-state index contributed by atoms with van der Waals surface area (Å²) in [6.07, 6.45) is -1.87. The molecule has 2 heterocycles. The van der Waals surface area contributed by atoms with E-state index < -0.39 is 34.2 Å². The molecule has 12 nitrogen and oxygen atoms in total. The smallest absolute Gasteiger partial charge is 0.391 e. The summed E-state index contributed by atoms with van der Waals surface area (Å²) in [6, 6.07) is -0.464. The van der Waals surface area contributed by atoms with Crippen LogP contribution in [0.5, 0.6) is 0 Å². The molecule has 0 fully saturated rings. The molecule has 1 aromatic rings. The van der Waals surface area contributed by atoms with Crippen LogP contribution in [0.4, 0.5) is 17.5 Å². The predicted molar refractivity (Wildman–Crippen MR) is 77.0 cm³/mol. The van der Waals surface area contributed by atoms with E-state index in [9.17, 15) is 15.0 Å². The molecule has 0 aliphatic carbocycles. The van der Waals surface area contributed by atoms with E-state index in [-0.39, 0.29) is 11.6 Å². The van der Waals surface area contributed by atoms with Gasteiger partial charge < -0.3 is 26.6 Å². The van der Waals surface area contributed by atoms with Crippen molar-refractivity contribution < 1.29 is 27.7 Å². The summed E-state index contributed by atoms with van der Waals surface area (Å²) < 4.78 is 31.6. The molecule has 1 aromatic heterocycles. The number of hydrogen-bond donors (Lipinski definition) is 8. The lowest BCUT2D eigenvalue weighted by Gasteiger charge is -2.31. The summed E-state index contributed by atoms with van der Waals surface area (Å²) in [5.74, 6) is 0.373. The summed E-state index contributed by atoms with van der Waals surface area (Å²) >= 11 is 0. The fourth-order valence-corrected chi connectivity index (χ4v) is 1.74. The molecule has 0 unspecified atom stereocenters. The minimum Gasteiger partial charge on any atom is -0.391 e. The molecule has 1 aliphatic rings. The Balaban J connectivity index is 0.000000422. The van der Waals surface area contributed by atoms with Gasteiger partial charge in [-0.3, -0.25) is 18.9 Å². The monoisotopic (exact) mass is 339 g/mol. The van der Waals surface area contributed by atoms with Gasteiger partial charge in [0.2, 0.25) is 5.95 Å². The first-order valence-corrected chi connectivity index (χ1v) is 7.35. The third kappa shape index (κ3) is 5.45. The molecule has 22 heavy (non-hydrogen) atoms. The lowest BCUT2D eigenvalue weighted by atomic mass is 10.0. The maximum Gasteiger partial charge on any atom is 0.394 e.